The molecule has 8 nitrogen and oxygen atoms in total. The largest absolute Gasteiger partial charge is 0.496 e. The van der Waals surface area contributed by atoms with E-state index in [1.54, 1.807) is 14.2 Å². The van der Waals surface area contributed by atoms with Crippen molar-refractivity contribution in [1.82, 2.24) is 0 Å². The highest BCUT2D eigenvalue weighted by Crippen LogP contribution is 2.57. The van der Waals surface area contributed by atoms with E-state index in [2.05, 4.69) is 12.2 Å². The lowest BCUT2D eigenvalue weighted by atomic mass is 9.89. The predicted molar refractivity (Wildman–Crippen MR) is 114 cm³/mol. The van der Waals surface area contributed by atoms with Gasteiger partial charge in [-0.1, -0.05) is 12.2 Å². The lowest BCUT2D eigenvalue weighted by Gasteiger charge is -2.25. The molecule has 2 atom stereocenters. The number of hydrogen-bond acceptors (Lipinski definition) is 8. The minimum Gasteiger partial charge on any atom is -0.496 e. The van der Waals surface area contributed by atoms with Crippen LogP contribution in [0.1, 0.15) is 40.5 Å². The number of aliphatic hydroxyl groups excluding tert-OH is 2. The molecule has 1 aromatic carbocycles. The van der Waals surface area contributed by atoms with Crippen molar-refractivity contribution in [1.29, 1.82) is 0 Å². The van der Waals surface area contributed by atoms with Crippen LogP contribution in [-0.4, -0.2) is 77.3 Å². The summed E-state index contributed by atoms with van der Waals surface area (Å²) >= 11 is 0. The zero-order valence-electron chi connectivity index (χ0n) is 18.4. The summed E-state index contributed by atoms with van der Waals surface area (Å²) in [7, 11) is 3.39. The Morgan fingerprint density at radius 1 is 0.677 bits per heavy atom. The van der Waals surface area contributed by atoms with Gasteiger partial charge in [-0.2, -0.15) is 0 Å². The molecule has 0 spiro atoms. The molecule has 174 valence electrons. The molecule has 2 aliphatic rings. The summed E-state index contributed by atoms with van der Waals surface area (Å²) in [5.41, 5.74) is 4.24. The van der Waals surface area contributed by atoms with Gasteiger partial charge in [-0.3, -0.25) is 0 Å². The van der Waals surface area contributed by atoms with Crippen molar-refractivity contribution in [3.05, 3.63) is 34.4 Å². The molecule has 0 fully saturated rings. The molecule has 3 rings (SSSR count). The van der Waals surface area contributed by atoms with Crippen molar-refractivity contribution >= 4 is 0 Å². The maximum absolute atomic E-state index is 8.82. The monoisotopic (exact) mass is 438 g/mol. The fraction of sp³-hybridized carbons (Fsp3) is 0.652. The highest BCUT2D eigenvalue weighted by molar-refractivity contribution is 5.66. The second-order valence-corrected chi connectivity index (χ2v) is 7.46. The normalized spacial score (nSPS) is 18.6. The zero-order valence-corrected chi connectivity index (χ0v) is 18.4. The standard InChI is InChI=1S/C23H34O8/c1-26-22-18(14-30-11-9-28-7-5-24)19(15-31-12-10-29-8-6-25)23(27-2)21-17-4-3-16(13-17)20(21)22/h3-4,16-17,24-25H,5-15H2,1-2H3. The van der Waals surface area contributed by atoms with Gasteiger partial charge in [0.2, 0.25) is 0 Å². The molecule has 0 aliphatic heterocycles. The molecule has 31 heavy (non-hydrogen) atoms. The molecule has 2 aliphatic carbocycles. The van der Waals surface area contributed by atoms with Crippen molar-refractivity contribution in [2.24, 2.45) is 0 Å². The molecule has 1 aromatic rings. The summed E-state index contributed by atoms with van der Waals surface area (Å²) in [6.45, 7) is 2.90. The lowest BCUT2D eigenvalue weighted by Crippen LogP contribution is -2.14. The van der Waals surface area contributed by atoms with Crippen LogP contribution >= 0.6 is 0 Å². The number of rotatable bonds is 16. The maximum atomic E-state index is 8.82. The smallest absolute Gasteiger partial charge is 0.129 e. The summed E-state index contributed by atoms with van der Waals surface area (Å²) in [5.74, 6) is 2.35. The minimum atomic E-state index is -0.00454. The lowest BCUT2D eigenvalue weighted by molar-refractivity contribution is 0.0214. The van der Waals surface area contributed by atoms with Crippen molar-refractivity contribution in [3.8, 4) is 11.5 Å². The summed E-state index contributed by atoms with van der Waals surface area (Å²) in [4.78, 5) is 0. The third kappa shape index (κ3) is 5.58. The third-order valence-corrected chi connectivity index (χ3v) is 5.63. The Morgan fingerprint density at radius 3 is 1.48 bits per heavy atom. The van der Waals surface area contributed by atoms with Crippen LogP contribution in [0.3, 0.4) is 0 Å². The molecule has 2 unspecified atom stereocenters. The van der Waals surface area contributed by atoms with Crippen LogP contribution in [0.4, 0.5) is 0 Å². The highest BCUT2D eigenvalue weighted by Gasteiger charge is 2.40. The van der Waals surface area contributed by atoms with Crippen LogP contribution in [0.25, 0.3) is 0 Å². The van der Waals surface area contributed by atoms with Gasteiger partial charge in [0.1, 0.15) is 11.5 Å². The number of aliphatic hydroxyl groups is 2. The van der Waals surface area contributed by atoms with Crippen molar-refractivity contribution in [2.75, 3.05) is 67.1 Å². The molecule has 0 saturated heterocycles. The van der Waals surface area contributed by atoms with Gasteiger partial charge in [-0.25, -0.2) is 0 Å². The van der Waals surface area contributed by atoms with Gasteiger partial charge >= 0.3 is 0 Å². The van der Waals surface area contributed by atoms with Crippen molar-refractivity contribution < 1.29 is 38.6 Å². The van der Waals surface area contributed by atoms with E-state index in [4.69, 9.17) is 38.6 Å². The molecule has 0 amide bonds. The van der Waals surface area contributed by atoms with E-state index >= 15 is 0 Å². The SMILES string of the molecule is COc1c(COCCOCCO)c(COCCOCCO)c(OC)c2c1C1C=CC2C1. The minimum absolute atomic E-state index is 0.00454. The molecule has 2 N–H and O–H groups in total. The Labute approximate surface area is 183 Å². The molecule has 8 heteroatoms. The predicted octanol–water partition coefficient (Wildman–Crippen LogP) is 1.90. The van der Waals surface area contributed by atoms with Crippen LogP contribution in [-0.2, 0) is 32.2 Å². The van der Waals surface area contributed by atoms with E-state index < -0.39 is 0 Å². The number of ether oxygens (including phenoxy) is 6. The molecule has 0 aromatic heterocycles. The average molecular weight is 439 g/mol. The number of benzene rings is 1. The Morgan fingerprint density at radius 2 is 1.10 bits per heavy atom. The van der Waals surface area contributed by atoms with E-state index in [9.17, 15) is 0 Å². The van der Waals surface area contributed by atoms with E-state index in [-0.39, 0.29) is 13.2 Å². The number of allylic oxidation sites excluding steroid dienone is 2. The third-order valence-electron chi connectivity index (χ3n) is 5.63. The summed E-state index contributed by atoms with van der Waals surface area (Å²) in [5, 5.41) is 17.6. The van der Waals surface area contributed by atoms with Crippen LogP contribution in [0, 0.1) is 0 Å². The summed E-state index contributed by atoms with van der Waals surface area (Å²) in [6.07, 6.45) is 5.53. The van der Waals surface area contributed by atoms with Gasteiger partial charge in [0.05, 0.1) is 80.3 Å². The average Bonchev–Trinajstić information content (AvgIpc) is 3.40. The fourth-order valence-corrected chi connectivity index (χ4v) is 4.40. The van der Waals surface area contributed by atoms with Gasteiger partial charge in [-0.05, 0) is 6.42 Å². The number of methoxy groups -OCH3 is 2. The Balaban J connectivity index is 1.81. The Bertz CT molecular complexity index is 674. The van der Waals surface area contributed by atoms with Gasteiger partial charge in [-0.15, -0.1) is 0 Å². The second kappa shape index (κ2) is 12.4. The van der Waals surface area contributed by atoms with E-state index in [1.165, 1.54) is 11.1 Å². The van der Waals surface area contributed by atoms with E-state index in [1.807, 2.05) is 0 Å². The van der Waals surface area contributed by atoms with E-state index in [0.29, 0.717) is 64.7 Å². The maximum Gasteiger partial charge on any atom is 0.129 e. The summed E-state index contributed by atoms with van der Waals surface area (Å²) in [6, 6.07) is 0. The molecule has 0 heterocycles. The fourth-order valence-electron chi connectivity index (χ4n) is 4.40. The van der Waals surface area contributed by atoms with E-state index in [0.717, 1.165) is 29.0 Å². The first kappa shape index (κ1) is 24.0. The first-order valence-corrected chi connectivity index (χ1v) is 10.8. The van der Waals surface area contributed by atoms with Gasteiger partial charge in [0.25, 0.3) is 0 Å². The van der Waals surface area contributed by atoms with Crippen LogP contribution in [0.5, 0.6) is 11.5 Å². The number of fused-ring (bicyclic) bond motifs is 5. The summed E-state index contributed by atoms with van der Waals surface area (Å²) < 4.78 is 34.1. The molecule has 0 radical (unpaired) electrons. The first-order chi connectivity index (χ1) is 15.3. The topological polar surface area (TPSA) is 95.8 Å². The zero-order chi connectivity index (χ0) is 22.1. The molecular formula is C23H34O8. The highest BCUT2D eigenvalue weighted by atomic mass is 16.5. The Hall–Kier alpha value is -1.68. The molecule has 2 bridgehead atoms. The van der Waals surface area contributed by atoms with Crippen LogP contribution in [0.2, 0.25) is 0 Å². The van der Waals surface area contributed by atoms with Crippen LogP contribution < -0.4 is 9.47 Å². The van der Waals surface area contributed by atoms with Gasteiger partial charge in [0.15, 0.2) is 0 Å². The first-order valence-electron chi connectivity index (χ1n) is 10.8. The van der Waals surface area contributed by atoms with Gasteiger partial charge < -0.3 is 38.6 Å². The molecule has 0 saturated carbocycles. The Kier molecular flexibility index (Phi) is 9.57. The second-order valence-electron chi connectivity index (χ2n) is 7.46. The van der Waals surface area contributed by atoms with Gasteiger partial charge in [0, 0.05) is 34.1 Å². The van der Waals surface area contributed by atoms with Crippen molar-refractivity contribution in [3.63, 3.8) is 0 Å². The molecular weight excluding hydrogens is 404 g/mol. The van der Waals surface area contributed by atoms with Crippen molar-refractivity contribution in [2.45, 2.75) is 31.5 Å². The quantitative estimate of drug-likeness (QED) is 0.298. The van der Waals surface area contributed by atoms with Crippen LogP contribution in [0.15, 0.2) is 12.2 Å². The number of hydrogen-bond donors (Lipinski definition) is 2.